The van der Waals surface area contributed by atoms with Gasteiger partial charge in [-0.3, -0.25) is 4.79 Å². The van der Waals surface area contributed by atoms with Crippen LogP contribution in [0.3, 0.4) is 0 Å². The fraction of sp³-hybridized carbons (Fsp3) is 0.235. The highest BCUT2D eigenvalue weighted by atomic mass is 19.4. The molecule has 2 aromatic rings. The lowest BCUT2D eigenvalue weighted by molar-refractivity contribution is -0.137. The summed E-state index contributed by atoms with van der Waals surface area (Å²) in [6.45, 7) is 0.185. The van der Waals surface area contributed by atoms with Crippen molar-refractivity contribution in [3.8, 4) is 5.75 Å². The standard InChI is InChI=1S/C17H13F3O2/c18-17(19,20)13-4-1-11(2-5-13)10-22-14-6-7-15-12(9-14)3-8-16(15)21/h1-2,4-7,9H,3,8,10H2. The fourth-order valence-corrected chi connectivity index (χ4v) is 2.48. The highest BCUT2D eigenvalue weighted by Crippen LogP contribution is 2.29. The van der Waals surface area contributed by atoms with E-state index in [9.17, 15) is 18.0 Å². The molecule has 0 bridgehead atoms. The van der Waals surface area contributed by atoms with Crippen molar-refractivity contribution in [2.45, 2.75) is 25.6 Å². The zero-order chi connectivity index (χ0) is 15.7. The van der Waals surface area contributed by atoms with E-state index in [0.717, 1.165) is 23.3 Å². The van der Waals surface area contributed by atoms with E-state index in [0.29, 0.717) is 24.2 Å². The van der Waals surface area contributed by atoms with Gasteiger partial charge in [0.05, 0.1) is 5.56 Å². The Morgan fingerprint density at radius 2 is 1.73 bits per heavy atom. The van der Waals surface area contributed by atoms with E-state index in [1.807, 2.05) is 6.07 Å². The lowest BCUT2D eigenvalue weighted by atomic mass is 10.1. The Labute approximate surface area is 125 Å². The van der Waals surface area contributed by atoms with Gasteiger partial charge in [0.15, 0.2) is 5.78 Å². The molecule has 0 unspecified atom stereocenters. The van der Waals surface area contributed by atoms with Crippen molar-refractivity contribution in [3.63, 3.8) is 0 Å². The number of aryl methyl sites for hydroxylation is 1. The third-order valence-electron chi connectivity index (χ3n) is 3.69. The van der Waals surface area contributed by atoms with E-state index in [1.54, 1.807) is 12.1 Å². The SMILES string of the molecule is O=C1CCc2cc(OCc3ccc(C(F)(F)F)cc3)ccc21. The number of carbonyl (C=O) groups excluding carboxylic acids is 1. The molecule has 1 aliphatic rings. The molecule has 0 saturated carbocycles. The number of carbonyl (C=O) groups is 1. The summed E-state index contributed by atoms with van der Waals surface area (Å²) >= 11 is 0. The minimum atomic E-state index is -4.33. The molecule has 2 aromatic carbocycles. The number of benzene rings is 2. The molecule has 2 nitrogen and oxygen atoms in total. The molecular weight excluding hydrogens is 293 g/mol. The molecule has 0 amide bonds. The third kappa shape index (κ3) is 2.98. The molecule has 114 valence electrons. The highest BCUT2D eigenvalue weighted by Gasteiger charge is 2.29. The number of Topliss-reactive ketones (excluding diaryl/α,β-unsaturated/α-hetero) is 1. The zero-order valence-corrected chi connectivity index (χ0v) is 11.6. The van der Waals surface area contributed by atoms with Crippen LogP contribution in [0.15, 0.2) is 42.5 Å². The van der Waals surface area contributed by atoms with Crippen LogP contribution in [0.25, 0.3) is 0 Å². The Kier molecular flexibility index (Phi) is 3.64. The average molecular weight is 306 g/mol. The number of ketones is 1. The number of alkyl halides is 3. The molecule has 1 aliphatic carbocycles. The van der Waals surface area contributed by atoms with Crippen LogP contribution in [-0.2, 0) is 19.2 Å². The fourth-order valence-electron chi connectivity index (χ4n) is 2.48. The maximum absolute atomic E-state index is 12.5. The van der Waals surface area contributed by atoms with Crippen LogP contribution in [0.2, 0.25) is 0 Å². The van der Waals surface area contributed by atoms with Crippen molar-refractivity contribution in [2.75, 3.05) is 0 Å². The molecule has 0 heterocycles. The first-order chi connectivity index (χ1) is 10.4. The molecule has 0 atom stereocenters. The predicted octanol–water partition coefficient (Wildman–Crippen LogP) is 4.41. The smallest absolute Gasteiger partial charge is 0.416 e. The van der Waals surface area contributed by atoms with E-state index < -0.39 is 11.7 Å². The van der Waals surface area contributed by atoms with E-state index in [1.165, 1.54) is 12.1 Å². The molecule has 0 radical (unpaired) electrons. The number of halogens is 3. The van der Waals surface area contributed by atoms with Gasteiger partial charge in [-0.25, -0.2) is 0 Å². The second kappa shape index (κ2) is 5.48. The Morgan fingerprint density at radius 1 is 1.00 bits per heavy atom. The Morgan fingerprint density at radius 3 is 2.41 bits per heavy atom. The zero-order valence-electron chi connectivity index (χ0n) is 11.6. The summed E-state index contributed by atoms with van der Waals surface area (Å²) in [6, 6.07) is 10.2. The topological polar surface area (TPSA) is 26.3 Å². The molecule has 5 heteroatoms. The molecule has 3 rings (SSSR count). The van der Waals surface area contributed by atoms with E-state index in [2.05, 4.69) is 0 Å². The van der Waals surface area contributed by atoms with Crippen LogP contribution in [0.1, 0.15) is 33.5 Å². The van der Waals surface area contributed by atoms with Gasteiger partial charge >= 0.3 is 6.18 Å². The van der Waals surface area contributed by atoms with Crippen molar-refractivity contribution in [1.29, 1.82) is 0 Å². The van der Waals surface area contributed by atoms with Crippen LogP contribution in [0, 0.1) is 0 Å². The number of ether oxygens (including phenoxy) is 1. The molecule has 0 fully saturated rings. The van der Waals surface area contributed by atoms with Crippen molar-refractivity contribution in [3.05, 3.63) is 64.7 Å². The number of hydrogen-bond acceptors (Lipinski definition) is 2. The summed E-state index contributed by atoms with van der Waals surface area (Å²) in [5.41, 5.74) is 1.69. The minimum Gasteiger partial charge on any atom is -0.489 e. The molecular formula is C17H13F3O2. The van der Waals surface area contributed by atoms with Crippen molar-refractivity contribution in [2.24, 2.45) is 0 Å². The van der Waals surface area contributed by atoms with Crippen LogP contribution < -0.4 is 4.74 Å². The van der Waals surface area contributed by atoms with Gasteiger partial charge in [-0.05, 0) is 47.9 Å². The minimum absolute atomic E-state index is 0.143. The van der Waals surface area contributed by atoms with Crippen LogP contribution in [-0.4, -0.2) is 5.78 Å². The third-order valence-corrected chi connectivity index (χ3v) is 3.69. The first-order valence-corrected chi connectivity index (χ1v) is 6.88. The Hall–Kier alpha value is -2.30. The van der Waals surface area contributed by atoms with E-state index in [-0.39, 0.29) is 12.4 Å². The Balaban J connectivity index is 1.67. The predicted molar refractivity (Wildman–Crippen MR) is 74.9 cm³/mol. The van der Waals surface area contributed by atoms with Gasteiger partial charge in [-0.1, -0.05) is 12.1 Å². The van der Waals surface area contributed by atoms with Gasteiger partial charge in [-0.2, -0.15) is 13.2 Å². The second-order valence-corrected chi connectivity index (χ2v) is 5.23. The largest absolute Gasteiger partial charge is 0.489 e. The first-order valence-electron chi connectivity index (χ1n) is 6.88. The molecule has 0 N–H and O–H groups in total. The van der Waals surface area contributed by atoms with Crippen LogP contribution in [0.5, 0.6) is 5.75 Å². The lowest BCUT2D eigenvalue weighted by Crippen LogP contribution is -2.05. The second-order valence-electron chi connectivity index (χ2n) is 5.23. The monoisotopic (exact) mass is 306 g/mol. The summed E-state index contributed by atoms with van der Waals surface area (Å²) in [6.07, 6.45) is -3.09. The summed E-state index contributed by atoms with van der Waals surface area (Å²) < 4.78 is 43.0. The van der Waals surface area contributed by atoms with Gasteiger partial charge in [0.25, 0.3) is 0 Å². The van der Waals surface area contributed by atoms with Crippen molar-refractivity contribution >= 4 is 5.78 Å². The van der Waals surface area contributed by atoms with Crippen molar-refractivity contribution in [1.82, 2.24) is 0 Å². The van der Waals surface area contributed by atoms with E-state index >= 15 is 0 Å². The van der Waals surface area contributed by atoms with Crippen LogP contribution in [0.4, 0.5) is 13.2 Å². The average Bonchev–Trinajstić information content (AvgIpc) is 2.86. The van der Waals surface area contributed by atoms with Gasteiger partial charge in [0.1, 0.15) is 12.4 Å². The molecule has 22 heavy (non-hydrogen) atoms. The molecule has 0 aliphatic heterocycles. The summed E-state index contributed by atoms with van der Waals surface area (Å²) in [5.74, 6) is 0.762. The van der Waals surface area contributed by atoms with Gasteiger partial charge in [0, 0.05) is 12.0 Å². The molecule has 0 aromatic heterocycles. The van der Waals surface area contributed by atoms with Gasteiger partial charge in [0.2, 0.25) is 0 Å². The maximum Gasteiger partial charge on any atom is 0.416 e. The summed E-state index contributed by atoms with van der Waals surface area (Å²) in [7, 11) is 0. The number of fused-ring (bicyclic) bond motifs is 1. The molecule has 0 spiro atoms. The van der Waals surface area contributed by atoms with Crippen molar-refractivity contribution < 1.29 is 22.7 Å². The number of hydrogen-bond donors (Lipinski definition) is 0. The highest BCUT2D eigenvalue weighted by molar-refractivity contribution is 6.00. The van der Waals surface area contributed by atoms with Gasteiger partial charge in [-0.15, -0.1) is 0 Å². The Bertz CT molecular complexity index is 703. The first kappa shape index (κ1) is 14.6. The lowest BCUT2D eigenvalue weighted by Gasteiger charge is -2.10. The van der Waals surface area contributed by atoms with E-state index in [4.69, 9.17) is 4.74 Å². The number of rotatable bonds is 3. The summed E-state index contributed by atoms with van der Waals surface area (Å²) in [5, 5.41) is 0. The normalized spacial score (nSPS) is 14.0. The quantitative estimate of drug-likeness (QED) is 0.839. The molecule has 0 saturated heterocycles. The van der Waals surface area contributed by atoms with Gasteiger partial charge < -0.3 is 4.74 Å². The summed E-state index contributed by atoms with van der Waals surface area (Å²) in [4.78, 5) is 11.5. The maximum atomic E-state index is 12.5. The van der Waals surface area contributed by atoms with Crippen LogP contribution >= 0.6 is 0 Å².